The molecule has 0 aromatic heterocycles. The van der Waals surface area contributed by atoms with Crippen LogP contribution in [0.3, 0.4) is 0 Å². The molecule has 150 valence electrons. The average Bonchev–Trinajstić information content (AvgIpc) is 3.06. The summed E-state index contributed by atoms with van der Waals surface area (Å²) in [6, 6.07) is 24.7. The van der Waals surface area contributed by atoms with Crippen molar-refractivity contribution in [1.29, 1.82) is 0 Å². The van der Waals surface area contributed by atoms with Gasteiger partial charge in [-0.15, -0.1) is 0 Å². The van der Waals surface area contributed by atoms with Crippen LogP contribution >= 0.6 is 12.2 Å². The second kappa shape index (κ2) is 8.80. The largest absolute Gasteiger partial charge is 0.493 e. The number of methoxy groups -OCH3 is 1. The molecule has 30 heavy (non-hydrogen) atoms. The maximum Gasteiger partial charge on any atom is 0.281 e. The summed E-state index contributed by atoms with van der Waals surface area (Å²) >= 11 is 5.36. The molecule has 0 atom stereocenters. The van der Waals surface area contributed by atoms with Gasteiger partial charge in [-0.3, -0.25) is 9.69 Å². The summed E-state index contributed by atoms with van der Waals surface area (Å²) in [4.78, 5) is 14.4. The molecule has 0 bridgehead atoms. The van der Waals surface area contributed by atoms with Crippen LogP contribution in [-0.4, -0.2) is 18.1 Å². The van der Waals surface area contributed by atoms with Gasteiger partial charge in [-0.05, 0) is 53.7 Å². The van der Waals surface area contributed by atoms with Crippen molar-refractivity contribution in [2.45, 2.75) is 6.61 Å². The standard InChI is InChI=1S/C24H20N2O3S/c1-28-21-13-12-18(15-22(21)29-16-17-8-4-2-5-9-17)14-20-23(27)26(24(30)25-20)19-10-6-3-7-11-19/h2-15H,16H2,1H3,(H,25,30)/b20-14-. The van der Waals surface area contributed by atoms with E-state index < -0.39 is 0 Å². The molecule has 3 aromatic rings. The van der Waals surface area contributed by atoms with Gasteiger partial charge in [0.2, 0.25) is 0 Å². The Labute approximate surface area is 180 Å². The van der Waals surface area contributed by atoms with Gasteiger partial charge in [-0.25, -0.2) is 0 Å². The first-order chi connectivity index (χ1) is 14.7. The highest BCUT2D eigenvalue weighted by molar-refractivity contribution is 7.80. The van der Waals surface area contributed by atoms with Gasteiger partial charge in [0.1, 0.15) is 12.3 Å². The van der Waals surface area contributed by atoms with Gasteiger partial charge in [0, 0.05) is 0 Å². The molecule has 1 saturated heterocycles. The molecule has 4 rings (SSSR count). The number of anilines is 1. The van der Waals surface area contributed by atoms with Crippen molar-refractivity contribution in [2.75, 3.05) is 12.0 Å². The van der Waals surface area contributed by atoms with E-state index in [9.17, 15) is 4.79 Å². The highest BCUT2D eigenvalue weighted by Gasteiger charge is 2.31. The third kappa shape index (κ3) is 4.18. The molecule has 1 N–H and O–H groups in total. The summed E-state index contributed by atoms with van der Waals surface area (Å²) < 4.78 is 11.4. The normalized spacial score (nSPS) is 14.7. The van der Waals surface area contributed by atoms with E-state index in [2.05, 4.69) is 5.32 Å². The minimum absolute atomic E-state index is 0.200. The second-order valence-corrected chi connectivity index (χ2v) is 7.04. The van der Waals surface area contributed by atoms with Crippen LogP contribution in [0.25, 0.3) is 6.08 Å². The number of carbonyl (C=O) groups excluding carboxylic acids is 1. The zero-order chi connectivity index (χ0) is 20.9. The quantitative estimate of drug-likeness (QED) is 0.472. The van der Waals surface area contributed by atoms with Crippen molar-refractivity contribution in [3.63, 3.8) is 0 Å². The first kappa shape index (κ1) is 19.7. The van der Waals surface area contributed by atoms with E-state index in [0.717, 1.165) is 16.8 Å². The fourth-order valence-corrected chi connectivity index (χ4v) is 3.44. The molecule has 6 heteroatoms. The number of amides is 1. The SMILES string of the molecule is COc1ccc(/C=C2\NC(=S)N(c3ccccc3)C2=O)cc1OCc1ccccc1. The highest BCUT2D eigenvalue weighted by atomic mass is 32.1. The van der Waals surface area contributed by atoms with Gasteiger partial charge in [0.15, 0.2) is 16.6 Å². The molecule has 0 saturated carbocycles. The Morgan fingerprint density at radius 1 is 0.967 bits per heavy atom. The summed E-state index contributed by atoms with van der Waals surface area (Å²) in [6.07, 6.45) is 1.76. The number of rotatable bonds is 6. The van der Waals surface area contributed by atoms with E-state index in [0.29, 0.717) is 28.9 Å². The summed E-state index contributed by atoms with van der Waals surface area (Å²) in [5.41, 5.74) is 2.99. The molecule has 1 amide bonds. The van der Waals surface area contributed by atoms with E-state index in [1.54, 1.807) is 13.2 Å². The molecule has 0 aliphatic carbocycles. The molecular weight excluding hydrogens is 396 g/mol. The molecule has 1 heterocycles. The van der Waals surface area contributed by atoms with E-state index in [-0.39, 0.29) is 5.91 Å². The third-order valence-corrected chi connectivity index (χ3v) is 4.91. The first-order valence-corrected chi connectivity index (χ1v) is 9.83. The number of ether oxygens (including phenoxy) is 2. The number of benzene rings is 3. The van der Waals surface area contributed by atoms with Crippen LogP contribution in [0.5, 0.6) is 11.5 Å². The molecule has 0 spiro atoms. The number of thiocarbonyl (C=S) groups is 1. The fraction of sp³-hybridized carbons (Fsp3) is 0.0833. The predicted octanol–water partition coefficient (Wildman–Crippen LogP) is 4.54. The van der Waals surface area contributed by atoms with Crippen LogP contribution in [-0.2, 0) is 11.4 Å². The van der Waals surface area contributed by atoms with Crippen molar-refractivity contribution in [3.8, 4) is 11.5 Å². The lowest BCUT2D eigenvalue weighted by Crippen LogP contribution is -2.30. The minimum Gasteiger partial charge on any atom is -0.493 e. The number of hydrogen-bond donors (Lipinski definition) is 1. The Bertz CT molecular complexity index is 1100. The number of carbonyl (C=O) groups is 1. The first-order valence-electron chi connectivity index (χ1n) is 9.42. The number of nitrogens with one attached hydrogen (secondary N) is 1. The van der Waals surface area contributed by atoms with Gasteiger partial charge in [0.25, 0.3) is 5.91 Å². The van der Waals surface area contributed by atoms with Gasteiger partial charge in [0.05, 0.1) is 12.8 Å². The lowest BCUT2D eigenvalue weighted by Gasteiger charge is -2.13. The summed E-state index contributed by atoms with van der Waals surface area (Å²) in [5.74, 6) is 1.03. The predicted molar refractivity (Wildman–Crippen MR) is 121 cm³/mol. The minimum atomic E-state index is -0.200. The van der Waals surface area contributed by atoms with Gasteiger partial charge in [-0.2, -0.15) is 0 Å². The lowest BCUT2D eigenvalue weighted by molar-refractivity contribution is -0.113. The van der Waals surface area contributed by atoms with Crippen LogP contribution in [0, 0.1) is 0 Å². The maximum atomic E-state index is 12.9. The van der Waals surface area contributed by atoms with Crippen molar-refractivity contribution in [3.05, 3.63) is 95.7 Å². The van der Waals surface area contributed by atoms with Crippen LogP contribution in [0.1, 0.15) is 11.1 Å². The van der Waals surface area contributed by atoms with Crippen molar-refractivity contribution in [2.24, 2.45) is 0 Å². The van der Waals surface area contributed by atoms with E-state index >= 15 is 0 Å². The Morgan fingerprint density at radius 2 is 1.67 bits per heavy atom. The Balaban J connectivity index is 1.57. The van der Waals surface area contributed by atoms with Crippen LogP contribution in [0.4, 0.5) is 5.69 Å². The summed E-state index contributed by atoms with van der Waals surface area (Å²) in [6.45, 7) is 0.417. The van der Waals surface area contributed by atoms with E-state index in [4.69, 9.17) is 21.7 Å². The molecule has 5 nitrogen and oxygen atoms in total. The topological polar surface area (TPSA) is 50.8 Å². The van der Waals surface area contributed by atoms with Crippen molar-refractivity contribution >= 4 is 35.0 Å². The van der Waals surface area contributed by atoms with Crippen LogP contribution < -0.4 is 19.7 Å². The monoisotopic (exact) mass is 416 g/mol. The molecule has 1 aliphatic rings. The fourth-order valence-electron chi connectivity index (χ4n) is 3.14. The van der Waals surface area contributed by atoms with Gasteiger partial charge < -0.3 is 14.8 Å². The maximum absolute atomic E-state index is 12.9. The molecule has 0 unspecified atom stereocenters. The Hall–Kier alpha value is -3.64. The Morgan fingerprint density at radius 3 is 2.37 bits per heavy atom. The third-order valence-electron chi connectivity index (χ3n) is 4.63. The van der Waals surface area contributed by atoms with Crippen molar-refractivity contribution in [1.82, 2.24) is 5.32 Å². The zero-order valence-corrected chi connectivity index (χ0v) is 17.2. The molecule has 1 aliphatic heterocycles. The molecule has 3 aromatic carbocycles. The zero-order valence-electron chi connectivity index (χ0n) is 16.4. The van der Waals surface area contributed by atoms with E-state index in [1.807, 2.05) is 78.9 Å². The number of hydrogen-bond acceptors (Lipinski definition) is 4. The van der Waals surface area contributed by atoms with Gasteiger partial charge >= 0.3 is 0 Å². The molecular formula is C24H20N2O3S. The average molecular weight is 417 g/mol. The number of para-hydroxylation sites is 1. The summed E-state index contributed by atoms with van der Waals surface area (Å²) in [7, 11) is 1.60. The van der Waals surface area contributed by atoms with E-state index in [1.165, 1.54) is 4.90 Å². The van der Waals surface area contributed by atoms with Crippen molar-refractivity contribution < 1.29 is 14.3 Å². The highest BCUT2D eigenvalue weighted by Crippen LogP contribution is 2.30. The molecule has 0 radical (unpaired) electrons. The Kier molecular flexibility index (Phi) is 5.77. The van der Waals surface area contributed by atoms with Gasteiger partial charge in [-0.1, -0.05) is 54.6 Å². The molecule has 1 fully saturated rings. The number of nitrogens with zero attached hydrogens (tertiary/aromatic N) is 1. The second-order valence-electron chi connectivity index (χ2n) is 6.65. The lowest BCUT2D eigenvalue weighted by atomic mass is 10.1. The smallest absolute Gasteiger partial charge is 0.281 e. The van der Waals surface area contributed by atoms with Crippen LogP contribution in [0.2, 0.25) is 0 Å². The summed E-state index contributed by atoms with van der Waals surface area (Å²) in [5, 5.41) is 3.36. The van der Waals surface area contributed by atoms with Crippen LogP contribution in [0.15, 0.2) is 84.6 Å².